The Morgan fingerprint density at radius 3 is 2.79 bits per heavy atom. The molecule has 1 heterocycles. The van der Waals surface area contributed by atoms with E-state index in [-0.39, 0.29) is 5.82 Å². The monoisotopic (exact) mass is 394 g/mol. The molecule has 0 saturated carbocycles. The Morgan fingerprint density at radius 1 is 1.28 bits per heavy atom. The van der Waals surface area contributed by atoms with Gasteiger partial charge in [-0.1, -0.05) is 37.3 Å². The van der Waals surface area contributed by atoms with Gasteiger partial charge in [0.2, 0.25) is 0 Å². The molecule has 0 spiro atoms. The number of carbonyl (C=O) groups is 1. The largest absolute Gasteiger partial charge is 0.480 e. The van der Waals surface area contributed by atoms with E-state index >= 15 is 0 Å². The summed E-state index contributed by atoms with van der Waals surface area (Å²) in [7, 11) is 0. The maximum absolute atomic E-state index is 14.0. The summed E-state index contributed by atoms with van der Waals surface area (Å²) in [4.78, 5) is 11.9. The molecule has 4 nitrogen and oxygen atoms in total. The summed E-state index contributed by atoms with van der Waals surface area (Å²) >= 11 is 0. The van der Waals surface area contributed by atoms with E-state index in [4.69, 9.17) is 0 Å². The minimum absolute atomic E-state index is 0.278. The average molecular weight is 394 g/mol. The molecule has 1 aliphatic carbocycles. The smallest absolute Gasteiger partial charge is 0.326 e. The zero-order valence-electron chi connectivity index (χ0n) is 16.7. The molecule has 0 aliphatic heterocycles. The maximum Gasteiger partial charge on any atom is 0.326 e. The zero-order chi connectivity index (χ0) is 20.4. The van der Waals surface area contributed by atoms with Gasteiger partial charge in [-0.3, -0.25) is 0 Å². The van der Waals surface area contributed by atoms with Crippen LogP contribution in [0.1, 0.15) is 42.6 Å². The molecule has 4 rings (SSSR count). The highest BCUT2D eigenvalue weighted by atomic mass is 19.1. The van der Waals surface area contributed by atoms with Crippen molar-refractivity contribution in [3.8, 4) is 0 Å². The number of nitrogens with one attached hydrogen (secondary N) is 1. The number of halogens is 1. The summed E-state index contributed by atoms with van der Waals surface area (Å²) in [5, 5.41) is 14.2. The van der Waals surface area contributed by atoms with Crippen LogP contribution >= 0.6 is 0 Å². The highest BCUT2D eigenvalue weighted by molar-refractivity contribution is 5.88. The molecule has 2 N–H and O–H groups in total. The second-order valence-corrected chi connectivity index (χ2v) is 7.85. The van der Waals surface area contributed by atoms with Crippen molar-refractivity contribution in [2.75, 3.05) is 6.54 Å². The van der Waals surface area contributed by atoms with Crippen LogP contribution in [0.25, 0.3) is 10.9 Å². The lowest BCUT2D eigenvalue weighted by atomic mass is 9.91. The number of carboxylic acid groups (broad SMARTS) is 1. The fourth-order valence-electron chi connectivity index (χ4n) is 4.63. The quantitative estimate of drug-likeness (QED) is 0.620. The third-order valence-corrected chi connectivity index (χ3v) is 6.04. The van der Waals surface area contributed by atoms with Gasteiger partial charge in [0.25, 0.3) is 0 Å². The van der Waals surface area contributed by atoms with Gasteiger partial charge in [0.15, 0.2) is 0 Å². The van der Waals surface area contributed by atoms with Crippen molar-refractivity contribution in [3.63, 3.8) is 0 Å². The molecule has 5 heteroatoms. The van der Waals surface area contributed by atoms with E-state index in [1.165, 1.54) is 11.6 Å². The standard InChI is InChI=1S/C24H27FN2O2/c1-2-21(24(28)29)27-22-10-8-17(25)14-19(22)20-15-18(9-11-23(20)27)26-13-12-16-6-4-3-5-7-16/h3-8,10,14,18,21,26H,2,9,11-13,15H2,1H3,(H,28,29). The van der Waals surface area contributed by atoms with E-state index in [0.29, 0.717) is 12.5 Å². The van der Waals surface area contributed by atoms with E-state index in [2.05, 4.69) is 29.6 Å². The Labute approximate surface area is 170 Å². The molecule has 1 aliphatic rings. The van der Waals surface area contributed by atoms with Crippen LogP contribution in [0.3, 0.4) is 0 Å². The number of fused-ring (bicyclic) bond motifs is 3. The lowest BCUT2D eigenvalue weighted by Gasteiger charge is -2.26. The second kappa shape index (κ2) is 8.37. The van der Waals surface area contributed by atoms with Gasteiger partial charge in [-0.05, 0) is 68.0 Å². The molecule has 3 aromatic rings. The van der Waals surface area contributed by atoms with Crippen molar-refractivity contribution in [2.24, 2.45) is 0 Å². The first kappa shape index (κ1) is 19.6. The minimum Gasteiger partial charge on any atom is -0.480 e. The first-order valence-electron chi connectivity index (χ1n) is 10.4. The summed E-state index contributed by atoms with van der Waals surface area (Å²) in [5.74, 6) is -1.11. The number of hydrogen-bond acceptors (Lipinski definition) is 2. The molecule has 152 valence electrons. The van der Waals surface area contributed by atoms with Crippen molar-refractivity contribution in [2.45, 2.75) is 51.1 Å². The second-order valence-electron chi connectivity index (χ2n) is 7.85. The lowest BCUT2D eigenvalue weighted by Crippen LogP contribution is -2.36. The van der Waals surface area contributed by atoms with Gasteiger partial charge in [-0.15, -0.1) is 0 Å². The van der Waals surface area contributed by atoms with Crippen LogP contribution in [0.4, 0.5) is 4.39 Å². The maximum atomic E-state index is 14.0. The molecule has 29 heavy (non-hydrogen) atoms. The van der Waals surface area contributed by atoms with Gasteiger partial charge in [0, 0.05) is 22.6 Å². The normalized spacial score (nSPS) is 17.2. The molecule has 2 atom stereocenters. The van der Waals surface area contributed by atoms with Crippen molar-refractivity contribution in [1.82, 2.24) is 9.88 Å². The van der Waals surface area contributed by atoms with Crippen molar-refractivity contribution in [1.29, 1.82) is 0 Å². The zero-order valence-corrected chi connectivity index (χ0v) is 16.7. The Morgan fingerprint density at radius 2 is 2.07 bits per heavy atom. The first-order valence-corrected chi connectivity index (χ1v) is 10.4. The summed E-state index contributed by atoms with van der Waals surface area (Å²) in [5.41, 5.74) is 4.29. The Bertz CT molecular complexity index is 1010. The van der Waals surface area contributed by atoms with Gasteiger partial charge < -0.3 is 15.0 Å². The fraction of sp³-hybridized carbons (Fsp3) is 0.375. The number of rotatable bonds is 7. The lowest BCUT2D eigenvalue weighted by molar-refractivity contribution is -0.140. The van der Waals surface area contributed by atoms with Crippen LogP contribution in [0.5, 0.6) is 0 Å². The first-order chi connectivity index (χ1) is 14.1. The van der Waals surface area contributed by atoms with Gasteiger partial charge in [-0.25, -0.2) is 9.18 Å². The summed E-state index contributed by atoms with van der Waals surface area (Å²) in [6, 6.07) is 14.8. The van der Waals surface area contributed by atoms with E-state index in [0.717, 1.165) is 54.4 Å². The average Bonchev–Trinajstić information content (AvgIpc) is 3.02. The van der Waals surface area contributed by atoms with Crippen LogP contribution < -0.4 is 5.32 Å². The molecule has 0 bridgehead atoms. The molecule has 2 unspecified atom stereocenters. The topological polar surface area (TPSA) is 54.3 Å². The molecule has 0 fully saturated rings. The number of aliphatic carboxylic acids is 1. The molecular formula is C24H27FN2O2. The Hall–Kier alpha value is -2.66. The third kappa shape index (κ3) is 3.92. The van der Waals surface area contributed by atoms with E-state index in [1.807, 2.05) is 17.6 Å². The number of nitrogens with zero attached hydrogens (tertiary/aromatic N) is 1. The third-order valence-electron chi connectivity index (χ3n) is 6.04. The van der Waals surface area contributed by atoms with Crippen LogP contribution in [0, 0.1) is 5.82 Å². The number of carboxylic acids is 1. The molecule has 0 saturated heterocycles. The highest BCUT2D eigenvalue weighted by Gasteiger charge is 2.30. The van der Waals surface area contributed by atoms with Crippen molar-refractivity contribution >= 4 is 16.9 Å². The predicted molar refractivity (Wildman–Crippen MR) is 113 cm³/mol. The van der Waals surface area contributed by atoms with Gasteiger partial charge in [0.1, 0.15) is 11.9 Å². The summed E-state index contributed by atoms with van der Waals surface area (Å²) in [6.07, 6.45) is 4.03. The molecule has 1 aromatic heterocycles. The van der Waals surface area contributed by atoms with E-state index in [9.17, 15) is 14.3 Å². The van der Waals surface area contributed by atoms with Gasteiger partial charge in [0.05, 0.1) is 0 Å². The van der Waals surface area contributed by atoms with Gasteiger partial charge in [-0.2, -0.15) is 0 Å². The van der Waals surface area contributed by atoms with Crippen molar-refractivity contribution in [3.05, 3.63) is 71.2 Å². The summed E-state index contributed by atoms with van der Waals surface area (Å²) < 4.78 is 15.9. The molecule has 0 amide bonds. The minimum atomic E-state index is -0.834. The highest BCUT2D eigenvalue weighted by Crippen LogP contribution is 2.36. The Balaban J connectivity index is 1.59. The predicted octanol–water partition coefficient (Wildman–Crippen LogP) is 4.51. The van der Waals surface area contributed by atoms with Crippen LogP contribution in [-0.4, -0.2) is 28.2 Å². The number of hydrogen-bond donors (Lipinski definition) is 2. The van der Waals surface area contributed by atoms with Crippen LogP contribution in [0.2, 0.25) is 0 Å². The fourth-order valence-corrected chi connectivity index (χ4v) is 4.63. The van der Waals surface area contributed by atoms with Crippen LogP contribution in [-0.2, 0) is 24.1 Å². The van der Waals surface area contributed by atoms with Crippen molar-refractivity contribution < 1.29 is 14.3 Å². The molecule has 2 aromatic carbocycles. The number of aromatic nitrogens is 1. The van der Waals surface area contributed by atoms with Crippen LogP contribution in [0.15, 0.2) is 48.5 Å². The SMILES string of the molecule is CCC(C(=O)O)n1c2c(c3cc(F)ccc31)CC(NCCc1ccccc1)CC2. The van der Waals surface area contributed by atoms with E-state index in [1.54, 1.807) is 12.1 Å². The molecule has 0 radical (unpaired) electrons. The van der Waals surface area contributed by atoms with E-state index < -0.39 is 12.0 Å². The number of benzene rings is 2. The molecular weight excluding hydrogens is 367 g/mol. The van der Waals surface area contributed by atoms with Gasteiger partial charge >= 0.3 is 5.97 Å². The Kier molecular flexibility index (Phi) is 5.67. The summed E-state index contributed by atoms with van der Waals surface area (Å²) in [6.45, 7) is 2.78.